The fraction of sp³-hybridized carbons (Fsp3) is 0.429. The van der Waals surface area contributed by atoms with Crippen LogP contribution in [0.15, 0.2) is 54.1 Å². The molecule has 13 heteroatoms. The lowest BCUT2D eigenvalue weighted by atomic mass is 9.95. The quantitative estimate of drug-likeness (QED) is 0.193. The molecule has 0 spiro atoms. The van der Waals surface area contributed by atoms with Gasteiger partial charge in [0.2, 0.25) is 17.7 Å². The summed E-state index contributed by atoms with van der Waals surface area (Å²) in [6.45, 7) is 8.68. The maximum Gasteiger partial charge on any atom is 0.337 e. The molecule has 5 N–H and O–H groups in total. The van der Waals surface area contributed by atoms with Gasteiger partial charge in [-0.05, 0) is 56.5 Å². The molecule has 4 rings (SSSR count). The van der Waals surface area contributed by atoms with E-state index in [4.69, 9.17) is 27.9 Å². The highest BCUT2D eigenvalue weighted by atomic mass is 35.5. The molecule has 1 unspecified atom stereocenters. The molecule has 0 radical (unpaired) electrons. The first kappa shape index (κ1) is 36.8. The van der Waals surface area contributed by atoms with Gasteiger partial charge in [-0.1, -0.05) is 73.0 Å². The van der Waals surface area contributed by atoms with E-state index in [9.17, 15) is 29.4 Å². The number of phenolic OH excluding ortho intramolecular Hbond substituents is 1. The van der Waals surface area contributed by atoms with Gasteiger partial charge in [0, 0.05) is 36.2 Å². The predicted molar refractivity (Wildman–Crippen MR) is 183 cm³/mol. The molecule has 1 aliphatic heterocycles. The summed E-state index contributed by atoms with van der Waals surface area (Å²) in [5.41, 5.74) is 2.37. The van der Waals surface area contributed by atoms with Crippen molar-refractivity contribution in [3.8, 4) is 5.75 Å². The predicted octanol–water partition coefficient (Wildman–Crippen LogP) is 4.83. The van der Waals surface area contributed by atoms with Crippen molar-refractivity contribution in [2.75, 3.05) is 7.05 Å². The number of hydrogen-bond donors (Lipinski definition) is 5. The summed E-state index contributed by atoms with van der Waals surface area (Å²) in [4.78, 5) is 59.0. The second kappa shape index (κ2) is 15.4. The lowest BCUT2D eigenvalue weighted by Gasteiger charge is -2.33. The first-order valence-corrected chi connectivity index (χ1v) is 16.5. The van der Waals surface area contributed by atoms with E-state index >= 15 is 0 Å². The summed E-state index contributed by atoms with van der Waals surface area (Å²) in [7, 11) is 1.44. The van der Waals surface area contributed by atoms with Gasteiger partial charge < -0.3 is 35.5 Å². The molecule has 0 saturated carbocycles. The Labute approximate surface area is 289 Å². The number of cyclic esters (lactones) is 1. The molecule has 2 heterocycles. The Bertz CT molecular complexity index is 1720. The highest BCUT2D eigenvalue weighted by Crippen LogP contribution is 2.31. The highest BCUT2D eigenvalue weighted by Gasteiger charge is 2.37. The van der Waals surface area contributed by atoms with Crippen LogP contribution in [-0.2, 0) is 30.3 Å². The van der Waals surface area contributed by atoms with Gasteiger partial charge >= 0.3 is 5.97 Å². The molecule has 3 amide bonds. The van der Waals surface area contributed by atoms with Crippen LogP contribution in [0, 0.1) is 11.8 Å². The zero-order chi connectivity index (χ0) is 35.4. The van der Waals surface area contributed by atoms with Crippen LogP contribution in [0.1, 0.15) is 58.2 Å². The van der Waals surface area contributed by atoms with Crippen molar-refractivity contribution in [1.82, 2.24) is 20.5 Å². The summed E-state index contributed by atoms with van der Waals surface area (Å²) >= 11 is 12.8. The number of esters is 1. The van der Waals surface area contributed by atoms with E-state index in [1.54, 1.807) is 20.8 Å². The van der Waals surface area contributed by atoms with E-state index in [2.05, 4.69) is 15.6 Å². The van der Waals surface area contributed by atoms with Crippen molar-refractivity contribution in [3.63, 3.8) is 0 Å². The minimum Gasteiger partial charge on any atom is -0.506 e. The number of aromatic nitrogens is 1. The normalized spacial score (nSPS) is 28.1. The average molecular weight is 702 g/mol. The molecule has 7 atom stereocenters. The number of hydrogen-bond acceptors (Lipinski definition) is 7. The number of allylic oxidation sites excluding steroid dienone is 1. The zero-order valence-corrected chi connectivity index (χ0v) is 29.2. The van der Waals surface area contributed by atoms with E-state index in [0.717, 1.165) is 16.5 Å². The third-order valence-corrected chi connectivity index (χ3v) is 9.48. The van der Waals surface area contributed by atoms with Crippen LogP contribution in [0.5, 0.6) is 5.75 Å². The number of benzene rings is 2. The Morgan fingerprint density at radius 3 is 2.35 bits per heavy atom. The standard InChI is InChI=1S/C35H42Cl2N4O7/c1-17-13-18(2)21(5)48-35(47)30(43)29(22-11-12-28(42)25(36)15-22)40-33(45)27(16-24-23-9-7-8-10-26(23)39-31(24)37)41(6)34(46)20(4)38-32(44)19(3)14-17/h7-13,15,18-21,27,29-30,39,42-43H,14,16H2,1-6H3,(H,38,44)(H,40,45)/b17-13-/t18-,19-,20-,21+,27+,29?,30-/m0/s1. The van der Waals surface area contributed by atoms with Crippen molar-refractivity contribution in [1.29, 1.82) is 0 Å². The van der Waals surface area contributed by atoms with Gasteiger partial charge in [-0.25, -0.2) is 4.79 Å². The van der Waals surface area contributed by atoms with Crippen LogP contribution in [0.2, 0.25) is 10.2 Å². The average Bonchev–Trinajstić information content (AvgIpc) is 3.36. The number of aromatic amines is 1. The number of aliphatic hydroxyl groups is 1. The Hall–Kier alpha value is -4.06. The number of carbonyl (C=O) groups is 4. The number of carbonyl (C=O) groups excluding carboxylic acids is 4. The summed E-state index contributed by atoms with van der Waals surface area (Å²) in [6.07, 6.45) is -0.353. The maximum absolute atomic E-state index is 14.3. The van der Waals surface area contributed by atoms with Gasteiger partial charge in [0.15, 0.2) is 6.10 Å². The number of aliphatic hydroxyl groups excluding tert-OH is 1. The first-order chi connectivity index (χ1) is 22.6. The second-order valence-corrected chi connectivity index (χ2v) is 13.4. The minimum absolute atomic E-state index is 0.0594. The van der Waals surface area contributed by atoms with E-state index in [1.807, 2.05) is 44.2 Å². The van der Waals surface area contributed by atoms with Gasteiger partial charge in [-0.2, -0.15) is 0 Å². The highest BCUT2D eigenvalue weighted by molar-refractivity contribution is 6.32. The monoisotopic (exact) mass is 700 g/mol. The SMILES string of the molecule is C/C1=C/[C@H](C)[C@@H](C)OC(=O)[C@@H](O)C(c2ccc(O)c(Cl)c2)NC(=O)[C@@H](Cc2c(Cl)[nH]c3ccccc23)N(C)C(=O)[C@H](C)NC(=O)[C@@H](C)C1. The number of amides is 3. The van der Waals surface area contributed by atoms with Crippen LogP contribution >= 0.6 is 23.2 Å². The molecular formula is C35H42Cl2N4O7. The molecule has 3 aromatic rings. The van der Waals surface area contributed by atoms with E-state index in [-0.39, 0.29) is 39.7 Å². The van der Waals surface area contributed by atoms with Gasteiger partial charge in [-0.15, -0.1) is 0 Å². The van der Waals surface area contributed by atoms with Gasteiger partial charge in [0.05, 0.1) is 11.1 Å². The third-order valence-electron chi connectivity index (χ3n) is 8.86. The molecule has 0 aliphatic carbocycles. The number of halogens is 2. The number of ether oxygens (including phenoxy) is 1. The molecule has 11 nitrogen and oxygen atoms in total. The van der Waals surface area contributed by atoms with Gasteiger partial charge in [-0.3, -0.25) is 14.4 Å². The zero-order valence-electron chi connectivity index (χ0n) is 27.7. The molecule has 1 aliphatic rings. The maximum atomic E-state index is 14.3. The fourth-order valence-electron chi connectivity index (χ4n) is 5.88. The van der Waals surface area contributed by atoms with Gasteiger partial charge in [0.25, 0.3) is 0 Å². The number of fused-ring (bicyclic) bond motifs is 1. The van der Waals surface area contributed by atoms with Crippen molar-refractivity contribution >= 4 is 57.8 Å². The lowest BCUT2D eigenvalue weighted by Crippen LogP contribution is -2.56. The number of nitrogens with one attached hydrogen (secondary N) is 3. The van der Waals surface area contributed by atoms with Crippen LogP contribution in [0.3, 0.4) is 0 Å². The molecule has 258 valence electrons. The Balaban J connectivity index is 1.81. The topological polar surface area (TPSA) is 161 Å². The fourth-order valence-corrected chi connectivity index (χ4v) is 6.35. The van der Waals surface area contributed by atoms with Crippen molar-refractivity contribution < 1.29 is 34.1 Å². The number of para-hydroxylation sites is 1. The number of aromatic hydroxyl groups is 1. The number of nitrogens with zero attached hydrogens (tertiary/aromatic N) is 1. The van der Waals surface area contributed by atoms with Crippen LogP contribution in [0.4, 0.5) is 0 Å². The number of likely N-dealkylation sites (N-methyl/N-ethyl adjacent to an activating group) is 1. The number of H-pyrrole nitrogens is 1. The molecule has 0 fully saturated rings. The summed E-state index contributed by atoms with van der Waals surface area (Å²) in [5.74, 6) is -3.62. The Morgan fingerprint density at radius 2 is 1.67 bits per heavy atom. The first-order valence-electron chi connectivity index (χ1n) is 15.8. The third kappa shape index (κ3) is 8.32. The molecule has 0 bridgehead atoms. The van der Waals surface area contributed by atoms with Crippen LogP contribution in [0.25, 0.3) is 10.9 Å². The van der Waals surface area contributed by atoms with Gasteiger partial charge in [0.1, 0.15) is 29.1 Å². The Kier molecular flexibility index (Phi) is 11.8. The molecule has 2 aromatic carbocycles. The van der Waals surface area contributed by atoms with Crippen LogP contribution < -0.4 is 10.6 Å². The van der Waals surface area contributed by atoms with Crippen LogP contribution in [-0.4, -0.2) is 75.1 Å². The molecule has 48 heavy (non-hydrogen) atoms. The smallest absolute Gasteiger partial charge is 0.337 e. The van der Waals surface area contributed by atoms with Crippen molar-refractivity contribution in [2.24, 2.45) is 11.8 Å². The van der Waals surface area contributed by atoms with Crippen molar-refractivity contribution in [3.05, 3.63) is 75.4 Å². The van der Waals surface area contributed by atoms with E-state index < -0.39 is 54.0 Å². The second-order valence-electron chi connectivity index (χ2n) is 12.6. The number of rotatable bonds is 3. The molecule has 1 aromatic heterocycles. The largest absolute Gasteiger partial charge is 0.506 e. The van der Waals surface area contributed by atoms with E-state index in [0.29, 0.717) is 12.0 Å². The summed E-state index contributed by atoms with van der Waals surface area (Å²) < 4.78 is 5.65. The van der Waals surface area contributed by atoms with Crippen molar-refractivity contribution in [2.45, 2.75) is 77.8 Å². The molecular weight excluding hydrogens is 659 g/mol. The molecule has 0 saturated heterocycles. The Morgan fingerprint density at radius 1 is 0.979 bits per heavy atom. The van der Waals surface area contributed by atoms with E-state index in [1.165, 1.54) is 30.1 Å². The lowest BCUT2D eigenvalue weighted by molar-refractivity contribution is -0.162. The minimum atomic E-state index is -1.90. The summed E-state index contributed by atoms with van der Waals surface area (Å²) in [5, 5.41) is 27.9. The number of phenols is 1. The summed E-state index contributed by atoms with van der Waals surface area (Å²) in [6, 6.07) is 7.69.